The van der Waals surface area contributed by atoms with Gasteiger partial charge in [-0.3, -0.25) is 9.69 Å². The van der Waals surface area contributed by atoms with Crippen LogP contribution in [0.3, 0.4) is 0 Å². The van der Waals surface area contributed by atoms with Gasteiger partial charge in [-0.15, -0.1) is 0 Å². The molecule has 1 N–H and O–H groups in total. The maximum atomic E-state index is 13.3. The first kappa shape index (κ1) is 25.7. The third-order valence-electron chi connectivity index (χ3n) is 7.25. The summed E-state index contributed by atoms with van der Waals surface area (Å²) in [6.07, 6.45) is 1.12. The second kappa shape index (κ2) is 11.1. The largest absolute Gasteiger partial charge is 0.369 e. The first-order chi connectivity index (χ1) is 16.8. The van der Waals surface area contributed by atoms with Gasteiger partial charge in [0.05, 0.1) is 4.90 Å². The van der Waals surface area contributed by atoms with E-state index in [9.17, 15) is 13.2 Å². The van der Waals surface area contributed by atoms with Crippen LogP contribution in [0.15, 0.2) is 47.4 Å². The van der Waals surface area contributed by atoms with Gasteiger partial charge in [0.2, 0.25) is 15.9 Å². The lowest BCUT2D eigenvalue weighted by atomic mass is 9.97. The van der Waals surface area contributed by atoms with Crippen LogP contribution in [0.1, 0.15) is 29.5 Å². The van der Waals surface area contributed by atoms with E-state index in [1.54, 1.807) is 4.31 Å². The van der Waals surface area contributed by atoms with Gasteiger partial charge < -0.3 is 10.2 Å². The monoisotopic (exact) mass is 498 g/mol. The topological polar surface area (TPSA) is 73.0 Å². The number of amides is 1. The van der Waals surface area contributed by atoms with E-state index in [0.29, 0.717) is 37.4 Å². The maximum absolute atomic E-state index is 13.3. The minimum Gasteiger partial charge on any atom is -0.369 e. The van der Waals surface area contributed by atoms with Crippen molar-refractivity contribution in [2.75, 3.05) is 57.3 Å². The highest BCUT2D eigenvalue weighted by atomic mass is 32.2. The molecular formula is C27H38N4O3S. The second-order valence-electron chi connectivity index (χ2n) is 9.86. The zero-order valence-corrected chi connectivity index (χ0v) is 22.0. The summed E-state index contributed by atoms with van der Waals surface area (Å²) in [5, 5.41) is 3.09. The smallest absolute Gasteiger partial charge is 0.243 e. The van der Waals surface area contributed by atoms with E-state index in [1.807, 2.05) is 39.0 Å². The molecule has 2 heterocycles. The van der Waals surface area contributed by atoms with Crippen molar-refractivity contribution in [2.45, 2.75) is 38.5 Å². The van der Waals surface area contributed by atoms with E-state index in [0.717, 1.165) is 49.4 Å². The molecule has 0 saturated carbocycles. The van der Waals surface area contributed by atoms with Crippen molar-refractivity contribution in [3.63, 3.8) is 0 Å². The summed E-state index contributed by atoms with van der Waals surface area (Å²) in [4.78, 5) is 17.9. The molecule has 2 aliphatic heterocycles. The van der Waals surface area contributed by atoms with Crippen LogP contribution < -0.4 is 10.2 Å². The molecule has 2 aromatic carbocycles. The van der Waals surface area contributed by atoms with Gasteiger partial charge in [-0.25, -0.2) is 8.42 Å². The number of piperazine rings is 1. The van der Waals surface area contributed by atoms with Crippen molar-refractivity contribution in [3.8, 4) is 0 Å². The normalized spacial score (nSPS) is 18.5. The molecule has 35 heavy (non-hydrogen) atoms. The van der Waals surface area contributed by atoms with Gasteiger partial charge in [-0.1, -0.05) is 35.9 Å². The fourth-order valence-electron chi connectivity index (χ4n) is 5.41. The predicted octanol–water partition coefficient (Wildman–Crippen LogP) is 2.95. The fraction of sp³-hybridized carbons (Fsp3) is 0.519. The summed E-state index contributed by atoms with van der Waals surface area (Å²) in [7, 11) is -3.55. The van der Waals surface area contributed by atoms with E-state index >= 15 is 0 Å². The van der Waals surface area contributed by atoms with Gasteiger partial charge in [0.1, 0.15) is 0 Å². The molecule has 0 spiro atoms. The maximum Gasteiger partial charge on any atom is 0.243 e. The number of nitrogens with zero attached hydrogens (tertiary/aromatic N) is 3. The van der Waals surface area contributed by atoms with E-state index in [2.05, 4.69) is 39.4 Å². The highest BCUT2D eigenvalue weighted by Crippen LogP contribution is 2.28. The van der Waals surface area contributed by atoms with Crippen molar-refractivity contribution in [1.82, 2.24) is 14.5 Å². The lowest BCUT2D eigenvalue weighted by Crippen LogP contribution is -2.49. The number of anilines is 1. The number of hydrogen-bond acceptors (Lipinski definition) is 5. The molecule has 0 unspecified atom stereocenters. The summed E-state index contributed by atoms with van der Waals surface area (Å²) in [6.45, 7) is 11.9. The molecule has 2 aliphatic rings. The minimum absolute atomic E-state index is 0.0488. The Labute approximate surface area is 210 Å². The Kier molecular flexibility index (Phi) is 8.14. The summed E-state index contributed by atoms with van der Waals surface area (Å²) >= 11 is 0. The number of para-hydroxylation sites is 1. The first-order valence-corrected chi connectivity index (χ1v) is 14.1. The highest BCUT2D eigenvalue weighted by Gasteiger charge is 2.33. The van der Waals surface area contributed by atoms with Gasteiger partial charge in [-0.2, -0.15) is 4.31 Å². The molecule has 190 valence electrons. The van der Waals surface area contributed by atoms with Gasteiger partial charge in [-0.05, 0) is 56.9 Å². The molecule has 0 radical (unpaired) electrons. The molecule has 2 saturated heterocycles. The van der Waals surface area contributed by atoms with Gasteiger partial charge >= 0.3 is 0 Å². The highest BCUT2D eigenvalue weighted by molar-refractivity contribution is 7.89. The average Bonchev–Trinajstić information content (AvgIpc) is 2.84. The first-order valence-electron chi connectivity index (χ1n) is 12.6. The van der Waals surface area contributed by atoms with Crippen molar-refractivity contribution in [1.29, 1.82) is 0 Å². The van der Waals surface area contributed by atoms with Crippen LogP contribution in [-0.2, 0) is 14.8 Å². The Morgan fingerprint density at radius 3 is 2.11 bits per heavy atom. The van der Waals surface area contributed by atoms with Crippen molar-refractivity contribution in [2.24, 2.45) is 5.92 Å². The Morgan fingerprint density at radius 1 is 0.914 bits per heavy atom. The molecule has 2 aromatic rings. The SMILES string of the molecule is Cc1cc(C)c(S(=O)(=O)N2CCC(C(=O)NCCN3CCN(c4ccccc4)CC3)CC2)c(C)c1. The number of rotatable bonds is 7. The van der Waals surface area contributed by atoms with Crippen molar-refractivity contribution < 1.29 is 13.2 Å². The summed E-state index contributed by atoms with van der Waals surface area (Å²) < 4.78 is 28.1. The fourth-order valence-corrected chi connectivity index (χ4v) is 7.29. The van der Waals surface area contributed by atoms with Crippen molar-refractivity contribution >= 4 is 21.6 Å². The van der Waals surface area contributed by atoms with Crippen LogP contribution in [0.4, 0.5) is 5.69 Å². The van der Waals surface area contributed by atoms with Crippen LogP contribution >= 0.6 is 0 Å². The van der Waals surface area contributed by atoms with Crippen LogP contribution in [-0.4, -0.2) is 75.9 Å². The van der Waals surface area contributed by atoms with Crippen LogP contribution in [0.5, 0.6) is 0 Å². The van der Waals surface area contributed by atoms with Crippen LogP contribution in [0, 0.1) is 26.7 Å². The molecule has 2 fully saturated rings. The summed E-state index contributed by atoms with van der Waals surface area (Å²) in [5.74, 6) is -0.0794. The van der Waals surface area contributed by atoms with Crippen LogP contribution in [0.2, 0.25) is 0 Å². The quantitative estimate of drug-likeness (QED) is 0.636. The number of nitrogens with one attached hydrogen (secondary N) is 1. The zero-order valence-electron chi connectivity index (χ0n) is 21.2. The molecule has 0 bridgehead atoms. The Morgan fingerprint density at radius 2 is 1.51 bits per heavy atom. The van der Waals surface area contributed by atoms with Gasteiger partial charge in [0.15, 0.2) is 0 Å². The van der Waals surface area contributed by atoms with Gasteiger partial charge in [0.25, 0.3) is 0 Å². The van der Waals surface area contributed by atoms with Crippen molar-refractivity contribution in [3.05, 3.63) is 59.2 Å². The lowest BCUT2D eigenvalue weighted by Gasteiger charge is -2.36. The lowest BCUT2D eigenvalue weighted by molar-refractivity contribution is -0.126. The number of hydrogen-bond donors (Lipinski definition) is 1. The minimum atomic E-state index is -3.55. The number of sulfonamides is 1. The number of aryl methyl sites for hydroxylation is 3. The zero-order chi connectivity index (χ0) is 25.0. The third-order valence-corrected chi connectivity index (χ3v) is 9.45. The molecule has 7 nitrogen and oxygen atoms in total. The molecular weight excluding hydrogens is 460 g/mol. The predicted molar refractivity (Wildman–Crippen MR) is 140 cm³/mol. The van der Waals surface area contributed by atoms with E-state index in [4.69, 9.17) is 0 Å². The molecule has 0 aliphatic carbocycles. The third kappa shape index (κ3) is 6.05. The molecule has 1 amide bonds. The molecule has 0 atom stereocenters. The second-order valence-corrected chi connectivity index (χ2v) is 11.7. The number of benzene rings is 2. The van der Waals surface area contributed by atoms with E-state index in [-0.39, 0.29) is 11.8 Å². The molecule has 4 rings (SSSR count). The molecule has 0 aromatic heterocycles. The van der Waals surface area contributed by atoms with Crippen LogP contribution in [0.25, 0.3) is 0 Å². The molecule has 8 heteroatoms. The van der Waals surface area contributed by atoms with Gasteiger partial charge in [0, 0.05) is 64.0 Å². The summed E-state index contributed by atoms with van der Waals surface area (Å²) in [5.41, 5.74) is 3.90. The summed E-state index contributed by atoms with van der Waals surface area (Å²) in [6, 6.07) is 14.3. The van der Waals surface area contributed by atoms with E-state index in [1.165, 1.54) is 5.69 Å². The standard InChI is InChI=1S/C27H38N4O3S/c1-21-19-22(2)26(23(3)20-21)35(33,34)31-12-9-24(10-13-31)27(32)28-11-14-29-15-17-30(18-16-29)25-7-5-4-6-8-25/h4-8,19-20,24H,9-18H2,1-3H3,(H,28,32). The average molecular weight is 499 g/mol. The number of carbonyl (C=O) groups is 1. The number of piperidine rings is 1. The number of carbonyl (C=O) groups excluding carboxylic acids is 1. The Hall–Kier alpha value is -2.42. The van der Waals surface area contributed by atoms with E-state index < -0.39 is 10.0 Å². The Bertz CT molecular complexity index is 1100. The Balaban J connectivity index is 1.21.